The topological polar surface area (TPSA) is 67.0 Å². The molecule has 1 aromatic heterocycles. The van der Waals surface area contributed by atoms with Gasteiger partial charge in [0.2, 0.25) is 5.95 Å². The van der Waals surface area contributed by atoms with E-state index >= 15 is 0 Å². The molecule has 0 bridgehead atoms. The van der Waals surface area contributed by atoms with Gasteiger partial charge in [0.1, 0.15) is 0 Å². The van der Waals surface area contributed by atoms with Crippen molar-refractivity contribution in [3.05, 3.63) is 54.1 Å². The lowest BCUT2D eigenvalue weighted by Crippen LogP contribution is -2.04. The molecule has 2 aromatic carbocycles. The molecule has 0 aliphatic rings. The predicted molar refractivity (Wildman–Crippen MR) is 81.5 cm³/mol. The van der Waals surface area contributed by atoms with Crippen LogP contribution < -0.4 is 5.32 Å². The molecule has 0 aliphatic heterocycles. The van der Waals surface area contributed by atoms with Crippen LogP contribution in [0.3, 0.4) is 0 Å². The highest BCUT2D eigenvalue weighted by Gasteiger charge is 2.04. The summed E-state index contributed by atoms with van der Waals surface area (Å²) in [5.74, 6) is 0.449. The zero-order valence-electron chi connectivity index (χ0n) is 11.6. The highest BCUT2D eigenvalue weighted by Crippen LogP contribution is 2.18. The van der Waals surface area contributed by atoms with Gasteiger partial charge in [0, 0.05) is 5.69 Å². The third kappa shape index (κ3) is 3.02. The van der Waals surface area contributed by atoms with E-state index in [9.17, 15) is 4.79 Å². The average molecular weight is 281 g/mol. The number of nitrogens with zero attached hydrogens (tertiary/aromatic N) is 1. The van der Waals surface area contributed by atoms with Crippen LogP contribution in [0.25, 0.3) is 11.0 Å². The number of methoxy groups -OCH3 is 1. The van der Waals surface area contributed by atoms with E-state index in [1.54, 1.807) is 0 Å². The monoisotopic (exact) mass is 281 g/mol. The molecule has 5 nitrogen and oxygen atoms in total. The summed E-state index contributed by atoms with van der Waals surface area (Å²) in [5.41, 5.74) is 3.73. The van der Waals surface area contributed by atoms with Crippen LogP contribution in [0.2, 0.25) is 0 Å². The van der Waals surface area contributed by atoms with Crippen LogP contribution >= 0.6 is 0 Å². The second-order valence-electron chi connectivity index (χ2n) is 4.68. The van der Waals surface area contributed by atoms with Gasteiger partial charge < -0.3 is 15.0 Å². The number of imidazole rings is 1. The summed E-state index contributed by atoms with van der Waals surface area (Å²) < 4.78 is 4.64. The summed E-state index contributed by atoms with van der Waals surface area (Å²) in [5, 5.41) is 3.21. The molecule has 0 spiro atoms. The number of para-hydroxylation sites is 2. The number of fused-ring (bicyclic) bond motifs is 1. The van der Waals surface area contributed by atoms with E-state index in [-0.39, 0.29) is 12.4 Å². The molecule has 0 aliphatic carbocycles. The SMILES string of the molecule is COC(=O)Cc1ccc(Nc2nc3ccccc3[nH]2)cc1. The number of carbonyl (C=O) groups is 1. The minimum atomic E-state index is -0.243. The van der Waals surface area contributed by atoms with E-state index in [2.05, 4.69) is 20.0 Å². The number of esters is 1. The van der Waals surface area contributed by atoms with Crippen LogP contribution in [0.4, 0.5) is 11.6 Å². The molecule has 0 saturated carbocycles. The number of nitrogens with one attached hydrogen (secondary N) is 2. The molecule has 1 heterocycles. The Kier molecular flexibility index (Phi) is 3.55. The van der Waals surface area contributed by atoms with Crippen molar-refractivity contribution in [2.45, 2.75) is 6.42 Å². The maximum atomic E-state index is 11.2. The van der Waals surface area contributed by atoms with Crippen molar-refractivity contribution in [1.82, 2.24) is 9.97 Å². The second kappa shape index (κ2) is 5.66. The van der Waals surface area contributed by atoms with Crippen LogP contribution in [0.5, 0.6) is 0 Å². The fraction of sp³-hybridized carbons (Fsp3) is 0.125. The van der Waals surface area contributed by atoms with Crippen LogP contribution in [0, 0.1) is 0 Å². The fourth-order valence-corrected chi connectivity index (χ4v) is 2.09. The summed E-state index contributed by atoms with van der Waals surface area (Å²) in [4.78, 5) is 18.9. The van der Waals surface area contributed by atoms with E-state index < -0.39 is 0 Å². The van der Waals surface area contributed by atoms with E-state index in [1.165, 1.54) is 7.11 Å². The molecule has 0 atom stereocenters. The Bertz CT molecular complexity index is 730. The summed E-state index contributed by atoms with van der Waals surface area (Å²) >= 11 is 0. The van der Waals surface area contributed by atoms with Gasteiger partial charge in [0.05, 0.1) is 24.6 Å². The van der Waals surface area contributed by atoms with Crippen molar-refractivity contribution in [2.75, 3.05) is 12.4 Å². The quantitative estimate of drug-likeness (QED) is 0.721. The van der Waals surface area contributed by atoms with Gasteiger partial charge in [0.25, 0.3) is 0 Å². The summed E-state index contributed by atoms with van der Waals surface area (Å²) in [7, 11) is 1.39. The molecule has 3 rings (SSSR count). The highest BCUT2D eigenvalue weighted by molar-refractivity contribution is 5.78. The first-order valence-electron chi connectivity index (χ1n) is 6.62. The lowest BCUT2D eigenvalue weighted by molar-refractivity contribution is -0.139. The third-order valence-corrected chi connectivity index (χ3v) is 3.18. The molecule has 3 aromatic rings. The van der Waals surface area contributed by atoms with Crippen molar-refractivity contribution in [3.63, 3.8) is 0 Å². The first kappa shape index (κ1) is 13.2. The largest absolute Gasteiger partial charge is 0.469 e. The molecule has 0 radical (unpaired) electrons. The van der Waals surface area contributed by atoms with Gasteiger partial charge in [0.15, 0.2) is 0 Å². The second-order valence-corrected chi connectivity index (χ2v) is 4.68. The zero-order valence-corrected chi connectivity index (χ0v) is 11.6. The van der Waals surface area contributed by atoms with Crippen molar-refractivity contribution < 1.29 is 9.53 Å². The van der Waals surface area contributed by atoms with Crippen LogP contribution in [0.15, 0.2) is 48.5 Å². The predicted octanol–water partition coefficient (Wildman–Crippen LogP) is 3.02. The molecule has 106 valence electrons. The standard InChI is InChI=1S/C16H15N3O2/c1-21-15(20)10-11-6-8-12(9-7-11)17-16-18-13-4-2-3-5-14(13)19-16/h2-9H,10H2,1H3,(H2,17,18,19). The molecule has 5 heteroatoms. The van der Waals surface area contributed by atoms with E-state index in [1.807, 2.05) is 48.5 Å². The van der Waals surface area contributed by atoms with Crippen molar-refractivity contribution in [3.8, 4) is 0 Å². The number of benzene rings is 2. The van der Waals surface area contributed by atoms with Crippen molar-refractivity contribution in [1.29, 1.82) is 0 Å². The van der Waals surface area contributed by atoms with Gasteiger partial charge in [-0.25, -0.2) is 4.98 Å². The van der Waals surface area contributed by atoms with E-state index in [4.69, 9.17) is 0 Å². The first-order valence-corrected chi connectivity index (χ1v) is 6.62. The highest BCUT2D eigenvalue weighted by atomic mass is 16.5. The molecule has 0 amide bonds. The minimum absolute atomic E-state index is 0.243. The van der Waals surface area contributed by atoms with Crippen molar-refractivity contribution >= 4 is 28.6 Å². The Morgan fingerprint density at radius 2 is 1.95 bits per heavy atom. The molecule has 21 heavy (non-hydrogen) atoms. The number of H-pyrrole nitrogens is 1. The Balaban J connectivity index is 1.74. The maximum Gasteiger partial charge on any atom is 0.309 e. The van der Waals surface area contributed by atoms with Gasteiger partial charge in [-0.1, -0.05) is 24.3 Å². The summed E-state index contributed by atoms with van der Waals surface area (Å²) in [6.45, 7) is 0. The molecule has 0 fully saturated rings. The van der Waals surface area contributed by atoms with Crippen LogP contribution in [-0.2, 0) is 16.0 Å². The number of anilines is 2. The molecular weight excluding hydrogens is 266 g/mol. The number of carbonyl (C=O) groups excluding carboxylic acids is 1. The molecular formula is C16H15N3O2. The maximum absolute atomic E-state index is 11.2. The van der Waals surface area contributed by atoms with Gasteiger partial charge >= 0.3 is 5.97 Å². The average Bonchev–Trinajstić information content (AvgIpc) is 2.91. The van der Waals surface area contributed by atoms with Crippen molar-refractivity contribution in [2.24, 2.45) is 0 Å². The fourth-order valence-electron chi connectivity index (χ4n) is 2.09. The normalized spacial score (nSPS) is 10.5. The van der Waals surface area contributed by atoms with E-state index in [0.717, 1.165) is 22.3 Å². The summed E-state index contributed by atoms with van der Waals surface area (Å²) in [6.07, 6.45) is 0.279. The Hall–Kier alpha value is -2.82. The Labute approximate surface area is 122 Å². The smallest absolute Gasteiger partial charge is 0.309 e. The summed E-state index contributed by atoms with van der Waals surface area (Å²) in [6, 6.07) is 15.4. The minimum Gasteiger partial charge on any atom is -0.469 e. The van der Waals surface area contributed by atoms with Crippen LogP contribution in [-0.4, -0.2) is 23.0 Å². The lowest BCUT2D eigenvalue weighted by Gasteiger charge is -2.04. The van der Waals surface area contributed by atoms with Crippen LogP contribution in [0.1, 0.15) is 5.56 Å². The van der Waals surface area contributed by atoms with Gasteiger partial charge in [-0.05, 0) is 29.8 Å². The number of hydrogen-bond donors (Lipinski definition) is 2. The van der Waals surface area contributed by atoms with Gasteiger partial charge in [-0.15, -0.1) is 0 Å². The number of rotatable bonds is 4. The first-order chi connectivity index (χ1) is 10.2. The van der Waals surface area contributed by atoms with Gasteiger partial charge in [-0.2, -0.15) is 0 Å². The number of ether oxygens (including phenoxy) is 1. The lowest BCUT2D eigenvalue weighted by atomic mass is 10.1. The molecule has 2 N–H and O–H groups in total. The Morgan fingerprint density at radius 1 is 1.19 bits per heavy atom. The molecule has 0 unspecified atom stereocenters. The Morgan fingerprint density at radius 3 is 2.67 bits per heavy atom. The van der Waals surface area contributed by atoms with E-state index in [0.29, 0.717) is 5.95 Å². The third-order valence-electron chi connectivity index (χ3n) is 3.18. The number of aromatic amines is 1. The molecule has 0 saturated heterocycles. The number of hydrogen-bond acceptors (Lipinski definition) is 4. The zero-order chi connectivity index (χ0) is 14.7. The van der Waals surface area contributed by atoms with Gasteiger partial charge in [-0.3, -0.25) is 4.79 Å². The number of aromatic nitrogens is 2.